The number of anilines is 1. The molecule has 4 aromatic rings. The second-order valence-electron chi connectivity index (χ2n) is 7.52. The molecule has 0 atom stereocenters. The van der Waals surface area contributed by atoms with Gasteiger partial charge in [0.05, 0.1) is 13.7 Å². The van der Waals surface area contributed by atoms with Crippen molar-refractivity contribution in [2.75, 3.05) is 12.4 Å². The normalized spacial score (nSPS) is 10.7. The van der Waals surface area contributed by atoms with E-state index in [0.717, 1.165) is 16.8 Å². The number of hydrogen-bond acceptors (Lipinski definition) is 5. The first-order valence-corrected chi connectivity index (χ1v) is 11.6. The van der Waals surface area contributed by atoms with Crippen molar-refractivity contribution in [3.05, 3.63) is 95.6 Å². The fraction of sp³-hybridized carbons (Fsp3) is 0.160. The quantitative estimate of drug-likeness (QED) is 0.335. The molecule has 2 N–H and O–H groups in total. The van der Waals surface area contributed by atoms with Crippen LogP contribution in [0.15, 0.2) is 78.0 Å². The number of benzene rings is 3. The highest BCUT2D eigenvalue weighted by atomic mass is 32.2. The fourth-order valence-corrected chi connectivity index (χ4v) is 4.13. The van der Waals surface area contributed by atoms with Crippen molar-refractivity contribution in [3.63, 3.8) is 0 Å². The van der Waals surface area contributed by atoms with Gasteiger partial charge in [-0.05, 0) is 61.0 Å². The third-order valence-electron chi connectivity index (χ3n) is 5.03. The lowest BCUT2D eigenvalue weighted by molar-refractivity contribution is 0.251. The molecule has 1 heterocycles. The SMILES string of the molecule is COc1ccc(NC(=O)NCc2nnc(SCc3ccc(F)cc3)n2-c2ccc(C)cc2)cc1. The van der Waals surface area contributed by atoms with Crippen LogP contribution in [-0.4, -0.2) is 27.9 Å². The van der Waals surface area contributed by atoms with Gasteiger partial charge in [-0.1, -0.05) is 41.6 Å². The van der Waals surface area contributed by atoms with Crippen molar-refractivity contribution in [1.82, 2.24) is 20.1 Å². The van der Waals surface area contributed by atoms with E-state index in [9.17, 15) is 9.18 Å². The summed E-state index contributed by atoms with van der Waals surface area (Å²) in [7, 11) is 1.59. The van der Waals surface area contributed by atoms with Gasteiger partial charge in [0.2, 0.25) is 0 Å². The summed E-state index contributed by atoms with van der Waals surface area (Å²) in [6, 6.07) is 21.1. The lowest BCUT2D eigenvalue weighted by Crippen LogP contribution is -2.29. The zero-order valence-electron chi connectivity index (χ0n) is 18.8. The topological polar surface area (TPSA) is 81.1 Å². The van der Waals surface area contributed by atoms with E-state index in [2.05, 4.69) is 20.8 Å². The Morgan fingerprint density at radius 1 is 1.00 bits per heavy atom. The summed E-state index contributed by atoms with van der Waals surface area (Å²) < 4.78 is 20.3. The van der Waals surface area contributed by atoms with Crippen LogP contribution in [0.25, 0.3) is 5.69 Å². The minimum Gasteiger partial charge on any atom is -0.497 e. The van der Waals surface area contributed by atoms with Gasteiger partial charge in [0.1, 0.15) is 11.6 Å². The summed E-state index contributed by atoms with van der Waals surface area (Å²) in [5.41, 5.74) is 3.65. The Bertz CT molecular complexity index is 1240. The molecule has 0 fully saturated rings. The van der Waals surface area contributed by atoms with Crippen molar-refractivity contribution in [3.8, 4) is 11.4 Å². The first kappa shape index (κ1) is 23.3. The maximum atomic E-state index is 13.2. The number of aryl methyl sites for hydroxylation is 1. The molecule has 4 rings (SSSR count). The molecule has 9 heteroatoms. The highest BCUT2D eigenvalue weighted by Crippen LogP contribution is 2.26. The molecule has 174 valence electrons. The lowest BCUT2D eigenvalue weighted by atomic mass is 10.2. The van der Waals surface area contributed by atoms with Gasteiger partial charge in [-0.3, -0.25) is 4.57 Å². The second-order valence-corrected chi connectivity index (χ2v) is 8.46. The Kier molecular flexibility index (Phi) is 7.44. The molecule has 0 bridgehead atoms. The number of nitrogens with one attached hydrogen (secondary N) is 2. The van der Waals surface area contributed by atoms with E-state index in [4.69, 9.17) is 4.74 Å². The molecule has 0 aliphatic heterocycles. The average molecular weight is 478 g/mol. The highest BCUT2D eigenvalue weighted by molar-refractivity contribution is 7.98. The van der Waals surface area contributed by atoms with E-state index in [1.807, 2.05) is 35.8 Å². The number of amides is 2. The number of thioether (sulfide) groups is 1. The third kappa shape index (κ3) is 5.93. The molecule has 2 amide bonds. The van der Waals surface area contributed by atoms with Crippen LogP contribution in [-0.2, 0) is 12.3 Å². The number of carbonyl (C=O) groups is 1. The zero-order valence-corrected chi connectivity index (χ0v) is 19.6. The minimum absolute atomic E-state index is 0.181. The molecule has 0 spiro atoms. The molecule has 7 nitrogen and oxygen atoms in total. The van der Waals surface area contributed by atoms with Gasteiger partial charge in [0, 0.05) is 17.1 Å². The lowest BCUT2D eigenvalue weighted by Gasteiger charge is -2.12. The summed E-state index contributed by atoms with van der Waals surface area (Å²) >= 11 is 1.49. The maximum absolute atomic E-state index is 13.2. The molecule has 0 saturated carbocycles. The Morgan fingerprint density at radius 3 is 2.38 bits per heavy atom. The van der Waals surface area contributed by atoms with Crippen LogP contribution in [0.4, 0.5) is 14.9 Å². The second kappa shape index (κ2) is 10.8. The van der Waals surface area contributed by atoms with E-state index in [-0.39, 0.29) is 18.4 Å². The molecular weight excluding hydrogens is 453 g/mol. The predicted octanol–water partition coefficient (Wildman–Crippen LogP) is 5.34. The van der Waals surface area contributed by atoms with Crippen LogP contribution >= 0.6 is 11.8 Å². The highest BCUT2D eigenvalue weighted by Gasteiger charge is 2.16. The fourth-order valence-electron chi connectivity index (χ4n) is 3.20. The number of methoxy groups -OCH3 is 1. The summed E-state index contributed by atoms with van der Waals surface area (Å²) in [5.74, 6) is 1.64. The largest absolute Gasteiger partial charge is 0.497 e. The van der Waals surface area contributed by atoms with Crippen LogP contribution in [0.3, 0.4) is 0 Å². The zero-order chi connectivity index (χ0) is 23.9. The van der Waals surface area contributed by atoms with Crippen molar-refractivity contribution in [2.24, 2.45) is 0 Å². The standard InChI is InChI=1S/C25H24FN5O2S/c1-17-3-11-21(12-4-17)31-23(15-27-24(32)28-20-9-13-22(33-2)14-10-20)29-30-25(31)34-16-18-5-7-19(26)8-6-18/h3-14H,15-16H2,1-2H3,(H2,27,28,32). The first-order chi connectivity index (χ1) is 16.5. The Labute approximate surface area is 201 Å². The predicted molar refractivity (Wildman–Crippen MR) is 131 cm³/mol. The molecule has 0 saturated heterocycles. The monoisotopic (exact) mass is 477 g/mol. The van der Waals surface area contributed by atoms with Crippen molar-refractivity contribution in [2.45, 2.75) is 24.4 Å². The number of ether oxygens (including phenoxy) is 1. The van der Waals surface area contributed by atoms with Crippen LogP contribution in [0.2, 0.25) is 0 Å². The Morgan fingerprint density at radius 2 is 1.71 bits per heavy atom. The number of aromatic nitrogens is 3. The summed E-state index contributed by atoms with van der Waals surface area (Å²) in [6.07, 6.45) is 0. The molecular formula is C25H24FN5O2S. The van der Waals surface area contributed by atoms with Gasteiger partial charge in [-0.25, -0.2) is 9.18 Å². The van der Waals surface area contributed by atoms with Gasteiger partial charge in [-0.15, -0.1) is 10.2 Å². The van der Waals surface area contributed by atoms with Crippen LogP contribution in [0.5, 0.6) is 5.75 Å². The van der Waals surface area contributed by atoms with Gasteiger partial charge in [0.15, 0.2) is 11.0 Å². The van der Waals surface area contributed by atoms with Gasteiger partial charge < -0.3 is 15.4 Å². The van der Waals surface area contributed by atoms with Crippen LogP contribution in [0.1, 0.15) is 17.0 Å². The Balaban J connectivity index is 1.48. The molecule has 0 aliphatic carbocycles. The van der Waals surface area contributed by atoms with E-state index in [1.54, 1.807) is 43.5 Å². The molecule has 0 unspecified atom stereocenters. The number of halogens is 1. The third-order valence-corrected chi connectivity index (χ3v) is 6.03. The minimum atomic E-state index is -0.357. The summed E-state index contributed by atoms with van der Waals surface area (Å²) in [4.78, 5) is 12.4. The van der Waals surface area contributed by atoms with Crippen LogP contribution in [0, 0.1) is 12.7 Å². The van der Waals surface area contributed by atoms with Gasteiger partial charge in [-0.2, -0.15) is 0 Å². The number of rotatable bonds is 8. The molecule has 0 radical (unpaired) electrons. The van der Waals surface area contributed by atoms with Crippen molar-refractivity contribution in [1.29, 1.82) is 0 Å². The smallest absolute Gasteiger partial charge is 0.319 e. The van der Waals surface area contributed by atoms with E-state index in [0.29, 0.717) is 28.2 Å². The molecule has 34 heavy (non-hydrogen) atoms. The summed E-state index contributed by atoms with van der Waals surface area (Å²) in [5, 5.41) is 15.0. The van der Waals surface area contributed by atoms with Crippen molar-refractivity contribution < 1.29 is 13.9 Å². The van der Waals surface area contributed by atoms with Crippen LogP contribution < -0.4 is 15.4 Å². The van der Waals surface area contributed by atoms with E-state index < -0.39 is 0 Å². The first-order valence-electron chi connectivity index (χ1n) is 10.6. The number of carbonyl (C=O) groups excluding carboxylic acids is 1. The number of nitrogens with zero attached hydrogens (tertiary/aromatic N) is 3. The van der Waals surface area contributed by atoms with E-state index >= 15 is 0 Å². The summed E-state index contributed by atoms with van der Waals surface area (Å²) in [6.45, 7) is 2.20. The number of hydrogen-bond donors (Lipinski definition) is 2. The Hall–Kier alpha value is -3.85. The van der Waals surface area contributed by atoms with E-state index in [1.165, 1.54) is 23.9 Å². The average Bonchev–Trinajstić information content (AvgIpc) is 3.26. The van der Waals surface area contributed by atoms with Gasteiger partial charge >= 0.3 is 6.03 Å². The van der Waals surface area contributed by atoms with Gasteiger partial charge in [0.25, 0.3) is 0 Å². The maximum Gasteiger partial charge on any atom is 0.319 e. The molecule has 0 aliphatic rings. The van der Waals surface area contributed by atoms with Crippen molar-refractivity contribution >= 4 is 23.5 Å². The molecule has 3 aromatic carbocycles. The molecule has 1 aromatic heterocycles. The number of urea groups is 1.